The number of nitrogens with one attached hydrogen (secondary N) is 1. The molecule has 21 heavy (non-hydrogen) atoms. The maximum atomic E-state index is 12.0. The normalized spacial score (nSPS) is 14.0. The summed E-state index contributed by atoms with van der Waals surface area (Å²) in [5.41, 5.74) is 6.87. The van der Waals surface area contributed by atoms with Gasteiger partial charge in [0.2, 0.25) is 5.91 Å². The first-order chi connectivity index (χ1) is 9.97. The van der Waals surface area contributed by atoms with Crippen molar-refractivity contribution in [1.82, 2.24) is 10.2 Å². The van der Waals surface area contributed by atoms with Crippen molar-refractivity contribution >= 4 is 29.3 Å². The number of hydrogen-bond acceptors (Lipinski definition) is 4. The Bertz CT molecular complexity index is 456. The molecule has 0 aliphatic rings. The number of rotatable bonds is 8. The van der Waals surface area contributed by atoms with Crippen LogP contribution in [-0.4, -0.2) is 49.5 Å². The average molecular weight is 330 g/mol. The Morgan fingerprint density at radius 1 is 1.43 bits per heavy atom. The summed E-state index contributed by atoms with van der Waals surface area (Å²) in [4.78, 5) is 14.0. The van der Waals surface area contributed by atoms with Gasteiger partial charge >= 0.3 is 0 Å². The van der Waals surface area contributed by atoms with E-state index in [0.717, 1.165) is 11.3 Å². The zero-order valence-electron chi connectivity index (χ0n) is 12.8. The first-order valence-corrected chi connectivity index (χ1v) is 8.67. The molecule has 0 aliphatic heterocycles. The minimum absolute atomic E-state index is 0.0235. The van der Waals surface area contributed by atoms with Crippen LogP contribution in [0.25, 0.3) is 0 Å². The number of halogens is 1. The molecule has 6 heteroatoms. The van der Waals surface area contributed by atoms with Gasteiger partial charge in [-0.05, 0) is 44.2 Å². The number of thioether (sulfide) groups is 1. The van der Waals surface area contributed by atoms with Gasteiger partial charge in [0.05, 0.1) is 12.1 Å². The summed E-state index contributed by atoms with van der Waals surface area (Å²) in [6, 6.07) is 7.26. The Morgan fingerprint density at radius 2 is 2.10 bits per heavy atom. The smallest absolute Gasteiger partial charge is 0.237 e. The van der Waals surface area contributed by atoms with E-state index in [4.69, 9.17) is 17.3 Å². The maximum Gasteiger partial charge on any atom is 0.237 e. The van der Waals surface area contributed by atoms with Crippen molar-refractivity contribution in [2.24, 2.45) is 5.73 Å². The van der Waals surface area contributed by atoms with Gasteiger partial charge in [-0.3, -0.25) is 4.79 Å². The number of hydrogen-bond donors (Lipinski definition) is 2. The Morgan fingerprint density at radius 3 is 2.67 bits per heavy atom. The lowest BCUT2D eigenvalue weighted by molar-refractivity contribution is -0.122. The average Bonchev–Trinajstić information content (AvgIpc) is 2.46. The van der Waals surface area contributed by atoms with Gasteiger partial charge in [0.1, 0.15) is 0 Å². The third kappa shape index (κ3) is 5.87. The van der Waals surface area contributed by atoms with Gasteiger partial charge in [-0.15, -0.1) is 0 Å². The standard InChI is InChI=1S/C15H24ClN3OS/c1-19(2)14(11-6-4-5-7-12(11)16)10-18-15(20)13(17)8-9-21-3/h4-7,13-14H,8-10,17H2,1-3H3,(H,18,20). The summed E-state index contributed by atoms with van der Waals surface area (Å²) in [5, 5.41) is 3.63. The quantitative estimate of drug-likeness (QED) is 0.767. The molecule has 0 heterocycles. The molecule has 0 saturated carbocycles. The number of nitrogens with zero attached hydrogens (tertiary/aromatic N) is 1. The van der Waals surface area contributed by atoms with Crippen LogP contribution in [-0.2, 0) is 4.79 Å². The Balaban J connectivity index is 2.64. The number of benzene rings is 1. The van der Waals surface area contributed by atoms with Crippen LogP contribution in [0.3, 0.4) is 0 Å². The van der Waals surface area contributed by atoms with Crippen molar-refractivity contribution in [3.63, 3.8) is 0 Å². The van der Waals surface area contributed by atoms with Crippen LogP contribution in [0.5, 0.6) is 0 Å². The lowest BCUT2D eigenvalue weighted by Gasteiger charge is -2.26. The van der Waals surface area contributed by atoms with Crippen molar-refractivity contribution in [2.45, 2.75) is 18.5 Å². The first kappa shape index (κ1) is 18.3. The van der Waals surface area contributed by atoms with Crippen LogP contribution in [0.2, 0.25) is 5.02 Å². The minimum Gasteiger partial charge on any atom is -0.353 e. The maximum absolute atomic E-state index is 12.0. The SMILES string of the molecule is CSCCC(N)C(=O)NCC(c1ccccc1Cl)N(C)C. The number of nitrogens with two attached hydrogens (primary N) is 1. The van der Waals surface area contributed by atoms with Crippen molar-refractivity contribution < 1.29 is 4.79 Å². The molecule has 2 unspecified atom stereocenters. The Labute approximate surface area is 136 Å². The lowest BCUT2D eigenvalue weighted by atomic mass is 10.1. The highest BCUT2D eigenvalue weighted by Crippen LogP contribution is 2.25. The number of carbonyl (C=O) groups excluding carboxylic acids is 1. The Kier molecular flexibility index (Phi) is 8.11. The van der Waals surface area contributed by atoms with Gasteiger partial charge in [-0.2, -0.15) is 11.8 Å². The molecular weight excluding hydrogens is 306 g/mol. The van der Waals surface area contributed by atoms with Gasteiger partial charge in [-0.1, -0.05) is 29.8 Å². The number of carbonyl (C=O) groups is 1. The molecule has 0 radical (unpaired) electrons. The molecule has 118 valence electrons. The van der Waals surface area contributed by atoms with Gasteiger partial charge in [-0.25, -0.2) is 0 Å². The lowest BCUT2D eigenvalue weighted by Crippen LogP contribution is -2.44. The molecule has 1 rings (SSSR count). The highest BCUT2D eigenvalue weighted by atomic mass is 35.5. The number of likely N-dealkylation sites (N-methyl/N-ethyl adjacent to an activating group) is 1. The summed E-state index contributed by atoms with van der Waals surface area (Å²) >= 11 is 7.93. The molecule has 2 atom stereocenters. The van der Waals surface area contributed by atoms with Gasteiger partial charge in [0.15, 0.2) is 0 Å². The highest BCUT2D eigenvalue weighted by Gasteiger charge is 2.19. The van der Waals surface area contributed by atoms with E-state index in [1.54, 1.807) is 11.8 Å². The first-order valence-electron chi connectivity index (χ1n) is 6.90. The highest BCUT2D eigenvalue weighted by molar-refractivity contribution is 7.98. The third-order valence-corrected chi connectivity index (χ3v) is 4.32. The second kappa shape index (κ2) is 9.30. The Hall–Kier alpha value is -0.750. The van der Waals surface area contributed by atoms with Crippen molar-refractivity contribution in [3.05, 3.63) is 34.9 Å². The van der Waals surface area contributed by atoms with Crippen molar-refractivity contribution in [3.8, 4) is 0 Å². The van der Waals surface area contributed by atoms with Crippen molar-refractivity contribution in [2.75, 3.05) is 32.6 Å². The predicted molar refractivity (Wildman–Crippen MR) is 91.9 cm³/mol. The predicted octanol–water partition coefficient (Wildman–Crippen LogP) is 2.14. The summed E-state index contributed by atoms with van der Waals surface area (Å²) in [6.45, 7) is 0.489. The molecular formula is C15H24ClN3OS. The van der Waals surface area contributed by atoms with E-state index in [2.05, 4.69) is 5.32 Å². The monoisotopic (exact) mass is 329 g/mol. The third-order valence-electron chi connectivity index (χ3n) is 3.33. The molecule has 1 aromatic rings. The summed E-state index contributed by atoms with van der Waals surface area (Å²) < 4.78 is 0. The summed E-state index contributed by atoms with van der Waals surface area (Å²) in [5.74, 6) is 0.777. The molecule has 1 amide bonds. The van der Waals surface area contributed by atoms with E-state index in [0.29, 0.717) is 18.0 Å². The zero-order chi connectivity index (χ0) is 15.8. The summed E-state index contributed by atoms with van der Waals surface area (Å²) in [6.07, 6.45) is 2.69. The molecule has 0 fully saturated rings. The molecule has 1 aromatic carbocycles. The van der Waals surface area contributed by atoms with E-state index in [1.165, 1.54) is 0 Å². The number of amides is 1. The largest absolute Gasteiger partial charge is 0.353 e. The van der Waals surface area contributed by atoms with Gasteiger partial charge in [0.25, 0.3) is 0 Å². The van der Waals surface area contributed by atoms with Crippen molar-refractivity contribution in [1.29, 1.82) is 0 Å². The van der Waals surface area contributed by atoms with E-state index in [-0.39, 0.29) is 11.9 Å². The van der Waals surface area contributed by atoms with Crippen LogP contribution in [0.1, 0.15) is 18.0 Å². The molecule has 0 bridgehead atoms. The minimum atomic E-state index is -0.452. The van der Waals surface area contributed by atoms with Gasteiger partial charge in [0, 0.05) is 11.6 Å². The van der Waals surface area contributed by atoms with E-state index >= 15 is 0 Å². The van der Waals surface area contributed by atoms with Crippen LogP contribution < -0.4 is 11.1 Å². The van der Waals surface area contributed by atoms with Crippen LogP contribution in [0.15, 0.2) is 24.3 Å². The van der Waals surface area contributed by atoms with E-state index < -0.39 is 6.04 Å². The van der Waals surface area contributed by atoms with E-state index in [1.807, 2.05) is 49.5 Å². The molecule has 0 aromatic heterocycles. The fourth-order valence-corrected chi connectivity index (χ4v) is 2.77. The molecule has 4 nitrogen and oxygen atoms in total. The van der Waals surface area contributed by atoms with E-state index in [9.17, 15) is 4.79 Å². The fraction of sp³-hybridized carbons (Fsp3) is 0.533. The van der Waals surface area contributed by atoms with Crippen LogP contribution >= 0.6 is 23.4 Å². The van der Waals surface area contributed by atoms with Crippen LogP contribution in [0, 0.1) is 0 Å². The van der Waals surface area contributed by atoms with Gasteiger partial charge < -0.3 is 16.0 Å². The zero-order valence-corrected chi connectivity index (χ0v) is 14.4. The fourth-order valence-electron chi connectivity index (χ4n) is 2.02. The molecule has 0 aliphatic carbocycles. The second-order valence-corrected chi connectivity index (χ2v) is 6.53. The molecule has 0 saturated heterocycles. The second-order valence-electron chi connectivity index (χ2n) is 5.13. The summed E-state index contributed by atoms with van der Waals surface area (Å²) in [7, 11) is 3.93. The molecule has 3 N–H and O–H groups in total. The van der Waals surface area contributed by atoms with Crippen LogP contribution in [0.4, 0.5) is 0 Å². The molecule has 0 spiro atoms. The topological polar surface area (TPSA) is 58.4 Å².